The van der Waals surface area contributed by atoms with E-state index in [1.54, 1.807) is 18.3 Å². The molecule has 0 spiro atoms. The van der Waals surface area contributed by atoms with E-state index in [4.69, 9.17) is 23.8 Å². The van der Waals surface area contributed by atoms with Crippen molar-refractivity contribution < 1.29 is 4.79 Å². The van der Waals surface area contributed by atoms with Gasteiger partial charge in [-0.3, -0.25) is 20.6 Å². The van der Waals surface area contributed by atoms with Crippen LogP contribution in [0.15, 0.2) is 72.9 Å². The molecule has 1 heterocycles. The van der Waals surface area contributed by atoms with E-state index in [9.17, 15) is 4.79 Å². The van der Waals surface area contributed by atoms with Gasteiger partial charge in [0, 0.05) is 28.3 Å². The summed E-state index contributed by atoms with van der Waals surface area (Å²) in [5, 5.41) is 1.43. The van der Waals surface area contributed by atoms with E-state index in [0.29, 0.717) is 15.6 Å². The third-order valence-corrected chi connectivity index (χ3v) is 5.82. The van der Waals surface area contributed by atoms with Crippen LogP contribution in [0, 0.1) is 25.7 Å². The predicted molar refractivity (Wildman–Crippen MR) is 137 cm³/mol. The monoisotopic (exact) mass is 469 g/mol. The first-order valence-electron chi connectivity index (χ1n) is 10.3. The second-order valence-electron chi connectivity index (χ2n) is 7.54. The zero-order valence-corrected chi connectivity index (χ0v) is 19.6. The molecule has 33 heavy (non-hydrogen) atoms. The van der Waals surface area contributed by atoms with Gasteiger partial charge in [-0.2, -0.15) is 0 Å². The normalized spacial score (nSPS) is 10.3. The molecule has 0 aliphatic heterocycles. The standard InChI is InChI=1S/C27H20ClN3OS/c1-17-10-12-22(27(33)31-30-26(32)25-18(2)6-5-8-23(25)28)15-20(17)13-11-19-14-21-7-3-4-9-24(21)29-16-19/h3-10,12,14-16H,1-2H3,(H,30,32)(H,31,33). The largest absolute Gasteiger partial charge is 0.287 e. The molecule has 162 valence electrons. The second kappa shape index (κ2) is 9.83. The van der Waals surface area contributed by atoms with Gasteiger partial charge in [-0.1, -0.05) is 78.1 Å². The third kappa shape index (κ3) is 5.20. The lowest BCUT2D eigenvalue weighted by Gasteiger charge is -2.13. The highest BCUT2D eigenvalue weighted by atomic mass is 35.5. The number of hydrazine groups is 1. The van der Waals surface area contributed by atoms with Crippen LogP contribution < -0.4 is 10.9 Å². The molecule has 0 saturated heterocycles. The van der Waals surface area contributed by atoms with E-state index >= 15 is 0 Å². The van der Waals surface area contributed by atoms with Crippen LogP contribution in [0.2, 0.25) is 5.02 Å². The van der Waals surface area contributed by atoms with Gasteiger partial charge in [-0.15, -0.1) is 0 Å². The summed E-state index contributed by atoms with van der Waals surface area (Å²) in [6.45, 7) is 3.82. The molecule has 0 atom stereocenters. The van der Waals surface area contributed by atoms with Crippen LogP contribution >= 0.6 is 23.8 Å². The molecule has 4 aromatic rings. The van der Waals surface area contributed by atoms with Gasteiger partial charge >= 0.3 is 0 Å². The molecule has 1 amide bonds. The van der Waals surface area contributed by atoms with Crippen LogP contribution in [-0.4, -0.2) is 15.9 Å². The molecule has 0 aliphatic rings. The summed E-state index contributed by atoms with van der Waals surface area (Å²) >= 11 is 11.6. The minimum absolute atomic E-state index is 0.351. The maximum absolute atomic E-state index is 12.5. The Morgan fingerprint density at radius 3 is 2.58 bits per heavy atom. The van der Waals surface area contributed by atoms with Crippen molar-refractivity contribution >= 4 is 45.6 Å². The first-order valence-corrected chi connectivity index (χ1v) is 11.0. The summed E-state index contributed by atoms with van der Waals surface area (Å²) in [6.07, 6.45) is 1.77. The lowest BCUT2D eigenvalue weighted by atomic mass is 10.0. The molecule has 2 N–H and O–H groups in total. The molecule has 0 bridgehead atoms. The SMILES string of the molecule is Cc1ccc(C(=S)NNC(=O)c2c(C)cccc2Cl)cc1C#Cc1cnc2ccccc2c1. The minimum Gasteiger partial charge on any atom is -0.287 e. The predicted octanol–water partition coefficient (Wildman–Crippen LogP) is 5.51. The Kier molecular flexibility index (Phi) is 6.69. The highest BCUT2D eigenvalue weighted by Gasteiger charge is 2.13. The lowest BCUT2D eigenvalue weighted by molar-refractivity contribution is 0.0944. The number of pyridine rings is 1. The number of hydrogen-bond acceptors (Lipinski definition) is 3. The number of halogens is 1. The molecule has 6 heteroatoms. The molecule has 4 nitrogen and oxygen atoms in total. The summed E-state index contributed by atoms with van der Waals surface area (Å²) in [5.74, 6) is 6.05. The Morgan fingerprint density at radius 2 is 1.76 bits per heavy atom. The molecule has 0 fully saturated rings. The quantitative estimate of drug-likeness (QED) is 0.231. The zero-order chi connectivity index (χ0) is 23.4. The molecule has 0 radical (unpaired) electrons. The maximum atomic E-state index is 12.5. The van der Waals surface area contributed by atoms with E-state index in [1.165, 1.54) is 0 Å². The average Bonchev–Trinajstić information content (AvgIpc) is 2.81. The Labute approximate surface area is 203 Å². The van der Waals surface area contributed by atoms with Crippen LogP contribution in [0.25, 0.3) is 10.9 Å². The number of hydrogen-bond donors (Lipinski definition) is 2. The second-order valence-corrected chi connectivity index (χ2v) is 8.35. The molecule has 0 saturated carbocycles. The van der Waals surface area contributed by atoms with Crippen molar-refractivity contribution in [3.05, 3.63) is 111 Å². The number of amides is 1. The van der Waals surface area contributed by atoms with Crippen molar-refractivity contribution in [2.24, 2.45) is 0 Å². The van der Waals surface area contributed by atoms with Gasteiger partial charge in [0.1, 0.15) is 4.99 Å². The number of benzene rings is 3. The first-order chi connectivity index (χ1) is 15.9. The highest BCUT2D eigenvalue weighted by molar-refractivity contribution is 7.80. The Bertz CT molecular complexity index is 1430. The van der Waals surface area contributed by atoms with E-state index in [0.717, 1.165) is 38.7 Å². The fraction of sp³-hybridized carbons (Fsp3) is 0.0741. The summed E-state index contributed by atoms with van der Waals surface area (Å²) in [7, 11) is 0. The number of nitrogens with zero attached hydrogens (tertiary/aromatic N) is 1. The zero-order valence-electron chi connectivity index (χ0n) is 18.1. The number of aromatic nitrogens is 1. The van der Waals surface area contributed by atoms with E-state index in [-0.39, 0.29) is 5.91 Å². The lowest BCUT2D eigenvalue weighted by Crippen LogP contribution is -2.41. The molecule has 1 aromatic heterocycles. The van der Waals surface area contributed by atoms with Gasteiger partial charge < -0.3 is 0 Å². The Hall–Kier alpha value is -3.72. The Morgan fingerprint density at radius 1 is 0.939 bits per heavy atom. The number of aryl methyl sites for hydroxylation is 2. The highest BCUT2D eigenvalue weighted by Crippen LogP contribution is 2.19. The molecule has 4 rings (SSSR count). The maximum Gasteiger partial charge on any atom is 0.271 e. The van der Waals surface area contributed by atoms with Gasteiger partial charge in [0.25, 0.3) is 5.91 Å². The number of carbonyl (C=O) groups is 1. The molecule has 0 aliphatic carbocycles. The van der Waals surface area contributed by atoms with Crippen molar-refractivity contribution in [3.63, 3.8) is 0 Å². The number of para-hydroxylation sites is 1. The topological polar surface area (TPSA) is 54.0 Å². The van der Waals surface area contributed by atoms with E-state index in [1.807, 2.05) is 68.4 Å². The number of carbonyl (C=O) groups excluding carboxylic acids is 1. The number of rotatable bonds is 2. The van der Waals surface area contributed by atoms with Crippen LogP contribution in [0.4, 0.5) is 0 Å². The van der Waals surface area contributed by atoms with Crippen LogP contribution in [0.3, 0.4) is 0 Å². The molecular formula is C27H20ClN3OS. The Balaban J connectivity index is 1.50. The molecular weight excluding hydrogens is 450 g/mol. The number of fused-ring (bicyclic) bond motifs is 1. The van der Waals surface area contributed by atoms with Crippen LogP contribution in [0.5, 0.6) is 0 Å². The summed E-state index contributed by atoms with van der Waals surface area (Å²) in [5.41, 5.74) is 11.0. The van der Waals surface area contributed by atoms with Gasteiger partial charge in [-0.05, 0) is 49.2 Å². The van der Waals surface area contributed by atoms with Crippen molar-refractivity contribution in [1.29, 1.82) is 0 Å². The van der Waals surface area contributed by atoms with Gasteiger partial charge in [0.05, 0.1) is 16.1 Å². The molecule has 3 aromatic carbocycles. The summed E-state index contributed by atoms with van der Waals surface area (Å²) < 4.78 is 0. The summed E-state index contributed by atoms with van der Waals surface area (Å²) in [6, 6.07) is 21.0. The van der Waals surface area contributed by atoms with Gasteiger partial charge in [-0.25, -0.2) is 0 Å². The van der Waals surface area contributed by atoms with Gasteiger partial charge in [0.15, 0.2) is 0 Å². The van der Waals surface area contributed by atoms with Gasteiger partial charge in [0.2, 0.25) is 0 Å². The molecule has 0 unspecified atom stereocenters. The number of nitrogens with one attached hydrogen (secondary N) is 2. The first kappa shape index (κ1) is 22.5. The van der Waals surface area contributed by atoms with Crippen molar-refractivity contribution in [2.75, 3.05) is 0 Å². The van der Waals surface area contributed by atoms with Crippen LogP contribution in [0.1, 0.15) is 38.2 Å². The average molecular weight is 470 g/mol. The van der Waals surface area contributed by atoms with Crippen LogP contribution in [-0.2, 0) is 0 Å². The van der Waals surface area contributed by atoms with Crippen molar-refractivity contribution in [2.45, 2.75) is 13.8 Å². The third-order valence-electron chi connectivity index (χ3n) is 5.17. The van der Waals surface area contributed by atoms with E-state index < -0.39 is 0 Å². The minimum atomic E-state index is -0.351. The van der Waals surface area contributed by atoms with Crippen molar-refractivity contribution in [3.8, 4) is 11.8 Å². The fourth-order valence-corrected chi connectivity index (χ4v) is 3.83. The smallest absolute Gasteiger partial charge is 0.271 e. The van der Waals surface area contributed by atoms with E-state index in [2.05, 4.69) is 27.7 Å². The fourth-order valence-electron chi connectivity index (χ4n) is 3.34. The number of thiocarbonyl (C=S) groups is 1. The summed E-state index contributed by atoms with van der Waals surface area (Å²) in [4.78, 5) is 17.4. The van der Waals surface area contributed by atoms with Crippen molar-refractivity contribution in [1.82, 2.24) is 15.8 Å².